The number of aromatic nitrogens is 2. The second-order valence-electron chi connectivity index (χ2n) is 4.27. The number of carbonyl (C=O) groups is 1. The lowest BCUT2D eigenvalue weighted by Gasteiger charge is -2.04. The zero-order valence-electron chi connectivity index (χ0n) is 8.97. The Kier molecular flexibility index (Phi) is 1.80. The van der Waals surface area contributed by atoms with E-state index in [-0.39, 0.29) is 0 Å². The molecule has 0 unspecified atom stereocenters. The molecule has 3 rings (SSSR count). The van der Waals surface area contributed by atoms with Crippen LogP contribution in [0, 0.1) is 6.92 Å². The van der Waals surface area contributed by atoms with Gasteiger partial charge in [0.25, 0.3) is 0 Å². The number of aryl methyl sites for hydroxylation is 1. The molecule has 2 aromatic rings. The van der Waals surface area contributed by atoms with Gasteiger partial charge in [-0.15, -0.1) is 0 Å². The first-order valence-corrected chi connectivity index (χ1v) is 5.38. The molecule has 82 valence electrons. The molecule has 16 heavy (non-hydrogen) atoms. The molecule has 1 fully saturated rings. The summed E-state index contributed by atoms with van der Waals surface area (Å²) in [6, 6.07) is 5.63. The van der Waals surface area contributed by atoms with E-state index < -0.39 is 5.97 Å². The molecule has 1 heterocycles. The SMILES string of the molecule is Cc1nc2ccc(C(=O)O)cc2n1C1CC1. The summed E-state index contributed by atoms with van der Waals surface area (Å²) in [6.07, 6.45) is 2.34. The van der Waals surface area contributed by atoms with Crippen LogP contribution in [0.4, 0.5) is 0 Å². The third-order valence-electron chi connectivity index (χ3n) is 3.02. The minimum Gasteiger partial charge on any atom is -0.478 e. The van der Waals surface area contributed by atoms with E-state index in [9.17, 15) is 4.79 Å². The van der Waals surface area contributed by atoms with Gasteiger partial charge in [-0.1, -0.05) is 0 Å². The molecule has 0 aliphatic heterocycles. The number of hydrogen-bond acceptors (Lipinski definition) is 2. The van der Waals surface area contributed by atoms with Crippen molar-refractivity contribution < 1.29 is 9.90 Å². The van der Waals surface area contributed by atoms with Crippen molar-refractivity contribution in [3.63, 3.8) is 0 Å². The molecule has 1 N–H and O–H groups in total. The summed E-state index contributed by atoms with van der Waals surface area (Å²) in [6.45, 7) is 1.97. The van der Waals surface area contributed by atoms with Crippen molar-refractivity contribution in [3.05, 3.63) is 29.6 Å². The van der Waals surface area contributed by atoms with Crippen LogP contribution in [-0.4, -0.2) is 20.6 Å². The molecule has 1 aliphatic carbocycles. The number of nitrogens with zero attached hydrogens (tertiary/aromatic N) is 2. The van der Waals surface area contributed by atoms with Gasteiger partial charge in [-0.2, -0.15) is 0 Å². The molecular formula is C12H12N2O2. The monoisotopic (exact) mass is 216 g/mol. The first-order valence-electron chi connectivity index (χ1n) is 5.38. The second-order valence-corrected chi connectivity index (χ2v) is 4.27. The van der Waals surface area contributed by atoms with Crippen LogP contribution in [0.5, 0.6) is 0 Å². The summed E-state index contributed by atoms with van der Waals surface area (Å²) in [7, 11) is 0. The standard InChI is InChI=1S/C12H12N2O2/c1-7-13-10-5-2-8(12(15)16)6-11(10)14(7)9-3-4-9/h2,5-6,9H,3-4H2,1H3,(H,15,16). The number of carboxylic acid groups (broad SMARTS) is 1. The predicted molar refractivity (Wildman–Crippen MR) is 59.7 cm³/mol. The minimum atomic E-state index is -0.886. The summed E-state index contributed by atoms with van der Waals surface area (Å²) in [5.74, 6) is 0.0862. The van der Waals surface area contributed by atoms with E-state index in [0.717, 1.165) is 16.9 Å². The van der Waals surface area contributed by atoms with Gasteiger partial charge < -0.3 is 9.67 Å². The first kappa shape index (κ1) is 9.39. The van der Waals surface area contributed by atoms with E-state index in [2.05, 4.69) is 9.55 Å². The Bertz CT molecular complexity index is 582. The van der Waals surface area contributed by atoms with Crippen molar-refractivity contribution in [3.8, 4) is 0 Å². The van der Waals surface area contributed by atoms with E-state index in [4.69, 9.17) is 5.11 Å². The lowest BCUT2D eigenvalue weighted by atomic mass is 10.2. The molecule has 0 saturated heterocycles. The molecular weight excluding hydrogens is 204 g/mol. The predicted octanol–water partition coefficient (Wildman–Crippen LogP) is 2.38. The van der Waals surface area contributed by atoms with Crippen LogP contribution in [0.25, 0.3) is 11.0 Å². The van der Waals surface area contributed by atoms with E-state index >= 15 is 0 Å². The molecule has 1 aromatic heterocycles. The molecule has 0 amide bonds. The number of hydrogen-bond donors (Lipinski definition) is 1. The topological polar surface area (TPSA) is 55.1 Å². The largest absolute Gasteiger partial charge is 0.478 e. The Morgan fingerprint density at radius 1 is 1.50 bits per heavy atom. The Hall–Kier alpha value is -1.84. The average Bonchev–Trinajstić information content (AvgIpc) is 3.00. The van der Waals surface area contributed by atoms with Crippen molar-refractivity contribution in [2.45, 2.75) is 25.8 Å². The number of rotatable bonds is 2. The summed E-state index contributed by atoms with van der Waals surface area (Å²) in [5.41, 5.74) is 2.16. The van der Waals surface area contributed by atoms with Crippen molar-refractivity contribution in [2.75, 3.05) is 0 Å². The number of carboxylic acids is 1. The van der Waals surface area contributed by atoms with E-state index in [1.807, 2.05) is 6.92 Å². The first-order chi connectivity index (χ1) is 7.66. The number of benzene rings is 1. The van der Waals surface area contributed by atoms with E-state index in [1.165, 1.54) is 12.8 Å². The summed E-state index contributed by atoms with van der Waals surface area (Å²) < 4.78 is 2.15. The fraction of sp³-hybridized carbons (Fsp3) is 0.333. The van der Waals surface area contributed by atoms with Crippen molar-refractivity contribution in [2.24, 2.45) is 0 Å². The molecule has 4 nitrogen and oxygen atoms in total. The maximum atomic E-state index is 10.9. The van der Waals surface area contributed by atoms with Crippen LogP contribution < -0.4 is 0 Å². The van der Waals surface area contributed by atoms with Crippen LogP contribution in [0.3, 0.4) is 0 Å². The molecule has 4 heteroatoms. The van der Waals surface area contributed by atoms with Crippen LogP contribution in [-0.2, 0) is 0 Å². The maximum absolute atomic E-state index is 10.9. The highest BCUT2D eigenvalue weighted by molar-refractivity contribution is 5.92. The number of fused-ring (bicyclic) bond motifs is 1. The third-order valence-corrected chi connectivity index (χ3v) is 3.02. The number of imidazole rings is 1. The second kappa shape index (κ2) is 3.07. The van der Waals surface area contributed by atoms with Gasteiger partial charge in [-0.3, -0.25) is 0 Å². The summed E-state index contributed by atoms with van der Waals surface area (Å²) in [5, 5.41) is 8.97. The van der Waals surface area contributed by atoms with Crippen molar-refractivity contribution >= 4 is 17.0 Å². The van der Waals surface area contributed by atoms with Gasteiger partial charge in [-0.05, 0) is 38.0 Å². The molecule has 0 spiro atoms. The van der Waals surface area contributed by atoms with Crippen LogP contribution in [0.15, 0.2) is 18.2 Å². The highest BCUT2D eigenvalue weighted by Gasteiger charge is 2.27. The summed E-state index contributed by atoms with van der Waals surface area (Å²) in [4.78, 5) is 15.4. The van der Waals surface area contributed by atoms with E-state index in [0.29, 0.717) is 11.6 Å². The summed E-state index contributed by atoms with van der Waals surface area (Å²) >= 11 is 0. The quantitative estimate of drug-likeness (QED) is 0.838. The van der Waals surface area contributed by atoms with Gasteiger partial charge in [0, 0.05) is 6.04 Å². The lowest BCUT2D eigenvalue weighted by molar-refractivity contribution is 0.0697. The highest BCUT2D eigenvalue weighted by atomic mass is 16.4. The lowest BCUT2D eigenvalue weighted by Crippen LogP contribution is -1.99. The zero-order chi connectivity index (χ0) is 11.3. The number of aromatic carboxylic acids is 1. The molecule has 0 radical (unpaired) electrons. The van der Waals surface area contributed by atoms with Crippen LogP contribution in [0.1, 0.15) is 35.1 Å². The normalized spacial score (nSPS) is 15.6. The van der Waals surface area contributed by atoms with Gasteiger partial charge in [0.15, 0.2) is 0 Å². The molecule has 1 aliphatic rings. The van der Waals surface area contributed by atoms with E-state index in [1.54, 1.807) is 18.2 Å². The fourth-order valence-electron chi connectivity index (χ4n) is 2.14. The minimum absolute atomic E-state index is 0.328. The maximum Gasteiger partial charge on any atom is 0.335 e. The van der Waals surface area contributed by atoms with Crippen LogP contribution in [0.2, 0.25) is 0 Å². The average molecular weight is 216 g/mol. The van der Waals surface area contributed by atoms with Gasteiger partial charge >= 0.3 is 5.97 Å². The Morgan fingerprint density at radius 2 is 2.25 bits per heavy atom. The smallest absolute Gasteiger partial charge is 0.335 e. The molecule has 1 saturated carbocycles. The van der Waals surface area contributed by atoms with Gasteiger partial charge in [0.1, 0.15) is 5.82 Å². The Labute approximate surface area is 92.5 Å². The van der Waals surface area contributed by atoms with Gasteiger partial charge in [0.2, 0.25) is 0 Å². The molecule has 0 atom stereocenters. The highest BCUT2D eigenvalue weighted by Crippen LogP contribution is 2.38. The zero-order valence-corrected chi connectivity index (χ0v) is 8.97. The van der Waals surface area contributed by atoms with Crippen molar-refractivity contribution in [1.82, 2.24) is 9.55 Å². The molecule has 0 bridgehead atoms. The Balaban J connectivity index is 2.27. The molecule has 1 aromatic carbocycles. The van der Waals surface area contributed by atoms with Crippen molar-refractivity contribution in [1.29, 1.82) is 0 Å². The fourth-order valence-corrected chi connectivity index (χ4v) is 2.14. The van der Waals surface area contributed by atoms with Crippen LogP contribution >= 0.6 is 0 Å². The third kappa shape index (κ3) is 1.30. The van der Waals surface area contributed by atoms with Gasteiger partial charge in [-0.25, -0.2) is 9.78 Å². The Morgan fingerprint density at radius 3 is 2.88 bits per heavy atom. The van der Waals surface area contributed by atoms with Gasteiger partial charge in [0.05, 0.1) is 16.6 Å².